The Labute approximate surface area is 149 Å². The maximum atomic E-state index is 11.3. The summed E-state index contributed by atoms with van der Waals surface area (Å²) in [5.74, 6) is -3.01. The molecule has 0 amide bonds. The lowest BCUT2D eigenvalue weighted by molar-refractivity contribution is -0.148. The van der Waals surface area contributed by atoms with Crippen LogP contribution in [0.5, 0.6) is 0 Å². The molecule has 2 bridgehead atoms. The highest BCUT2D eigenvalue weighted by molar-refractivity contribution is 5.93. The lowest BCUT2D eigenvalue weighted by Crippen LogP contribution is -2.25. The number of esters is 2. The smallest absolute Gasteiger partial charge is 0.338 e. The molecule has 1 fully saturated rings. The topological polar surface area (TPSA) is 127 Å². The SMILES string of the molecule is O=C(O)C1CCC(C(=O)O)CC1.O=C1OCCOC(=O)c2ccc1cc2. The fourth-order valence-corrected chi connectivity index (χ4v) is 2.77. The third kappa shape index (κ3) is 5.30. The molecule has 0 radical (unpaired) electrons. The number of fused-ring (bicyclic) bond motifs is 7. The van der Waals surface area contributed by atoms with Gasteiger partial charge in [0.1, 0.15) is 13.2 Å². The summed E-state index contributed by atoms with van der Waals surface area (Å²) < 4.78 is 9.66. The first-order valence-electron chi connectivity index (χ1n) is 8.28. The van der Waals surface area contributed by atoms with Gasteiger partial charge in [-0.25, -0.2) is 9.59 Å². The van der Waals surface area contributed by atoms with E-state index in [9.17, 15) is 19.2 Å². The maximum absolute atomic E-state index is 11.3. The summed E-state index contributed by atoms with van der Waals surface area (Å²) in [6.07, 6.45) is 2.03. The second-order valence-electron chi connectivity index (χ2n) is 6.07. The lowest BCUT2D eigenvalue weighted by Gasteiger charge is -2.22. The van der Waals surface area contributed by atoms with Gasteiger partial charge >= 0.3 is 23.9 Å². The molecule has 2 N–H and O–H groups in total. The summed E-state index contributed by atoms with van der Waals surface area (Å²) in [5.41, 5.74) is 0.895. The summed E-state index contributed by atoms with van der Waals surface area (Å²) in [6.45, 7) is 0.200. The molecule has 8 heteroatoms. The van der Waals surface area contributed by atoms with E-state index in [2.05, 4.69) is 0 Å². The van der Waals surface area contributed by atoms with Crippen molar-refractivity contribution in [1.29, 1.82) is 0 Å². The molecule has 4 rings (SSSR count). The summed E-state index contributed by atoms with van der Waals surface area (Å²) in [7, 11) is 0. The van der Waals surface area contributed by atoms with Gasteiger partial charge in [-0.05, 0) is 49.9 Å². The van der Waals surface area contributed by atoms with Gasteiger partial charge in [0, 0.05) is 0 Å². The van der Waals surface area contributed by atoms with Gasteiger partial charge in [-0.2, -0.15) is 0 Å². The first-order valence-corrected chi connectivity index (χ1v) is 8.28. The molecule has 2 aliphatic heterocycles. The predicted octanol–water partition coefficient (Wildman–Crippen LogP) is 1.98. The zero-order valence-corrected chi connectivity index (χ0v) is 14.1. The number of hydrogen-bond acceptors (Lipinski definition) is 6. The zero-order valence-electron chi connectivity index (χ0n) is 14.1. The lowest BCUT2D eigenvalue weighted by atomic mass is 9.82. The van der Waals surface area contributed by atoms with E-state index in [0.29, 0.717) is 36.8 Å². The van der Waals surface area contributed by atoms with Gasteiger partial charge in [0.25, 0.3) is 0 Å². The van der Waals surface area contributed by atoms with Crippen molar-refractivity contribution in [3.05, 3.63) is 35.4 Å². The molecule has 3 aliphatic rings. The van der Waals surface area contributed by atoms with Gasteiger partial charge in [0.05, 0.1) is 23.0 Å². The highest BCUT2D eigenvalue weighted by atomic mass is 16.6. The van der Waals surface area contributed by atoms with Crippen LogP contribution in [0.15, 0.2) is 24.3 Å². The molecule has 0 atom stereocenters. The fourth-order valence-electron chi connectivity index (χ4n) is 2.77. The molecule has 0 unspecified atom stereocenters. The van der Waals surface area contributed by atoms with E-state index in [-0.39, 0.29) is 25.0 Å². The number of carbonyl (C=O) groups excluding carboxylic acids is 2. The molecule has 26 heavy (non-hydrogen) atoms. The average Bonchev–Trinajstić information content (AvgIpc) is 2.65. The Morgan fingerprint density at radius 1 is 0.731 bits per heavy atom. The Kier molecular flexibility index (Phi) is 6.71. The minimum atomic E-state index is -0.793. The normalized spacial score (nSPS) is 22.3. The third-order valence-corrected chi connectivity index (χ3v) is 4.33. The van der Waals surface area contributed by atoms with Crippen molar-refractivity contribution >= 4 is 23.9 Å². The van der Waals surface area contributed by atoms with Gasteiger partial charge < -0.3 is 19.7 Å². The number of benzene rings is 1. The van der Waals surface area contributed by atoms with Crippen LogP contribution in [0.2, 0.25) is 0 Å². The number of carbonyl (C=O) groups is 4. The number of carboxylic acid groups (broad SMARTS) is 2. The largest absolute Gasteiger partial charge is 0.481 e. The van der Waals surface area contributed by atoms with E-state index < -0.39 is 23.9 Å². The van der Waals surface area contributed by atoms with E-state index in [1.54, 1.807) is 24.3 Å². The van der Waals surface area contributed by atoms with E-state index in [1.807, 2.05) is 0 Å². The van der Waals surface area contributed by atoms with Crippen LogP contribution in [0.4, 0.5) is 0 Å². The molecule has 0 aromatic heterocycles. The molecule has 0 spiro atoms. The van der Waals surface area contributed by atoms with E-state index >= 15 is 0 Å². The van der Waals surface area contributed by atoms with E-state index in [1.165, 1.54) is 0 Å². The van der Waals surface area contributed by atoms with Gasteiger partial charge in [-0.3, -0.25) is 9.59 Å². The van der Waals surface area contributed by atoms with Crippen molar-refractivity contribution in [3.63, 3.8) is 0 Å². The molecular formula is C18H20O8. The Bertz CT molecular complexity index is 612. The van der Waals surface area contributed by atoms with Crippen molar-refractivity contribution in [3.8, 4) is 0 Å². The van der Waals surface area contributed by atoms with Crippen molar-refractivity contribution < 1.29 is 38.9 Å². The van der Waals surface area contributed by atoms with Crippen LogP contribution in [0.3, 0.4) is 0 Å². The van der Waals surface area contributed by atoms with Crippen molar-refractivity contribution in [2.45, 2.75) is 25.7 Å². The predicted molar refractivity (Wildman–Crippen MR) is 87.7 cm³/mol. The summed E-state index contributed by atoms with van der Waals surface area (Å²) in [5, 5.41) is 17.2. The fraction of sp³-hybridized carbons (Fsp3) is 0.444. The Morgan fingerprint density at radius 3 is 1.31 bits per heavy atom. The average molecular weight is 364 g/mol. The monoisotopic (exact) mass is 364 g/mol. The molecule has 8 nitrogen and oxygen atoms in total. The maximum Gasteiger partial charge on any atom is 0.338 e. The Balaban J connectivity index is 0.000000190. The molecule has 2 heterocycles. The Morgan fingerprint density at radius 2 is 1.04 bits per heavy atom. The van der Waals surface area contributed by atoms with Gasteiger partial charge in [0.15, 0.2) is 0 Å². The van der Waals surface area contributed by atoms with E-state index in [0.717, 1.165) is 0 Å². The first-order chi connectivity index (χ1) is 12.4. The van der Waals surface area contributed by atoms with Crippen LogP contribution < -0.4 is 0 Å². The van der Waals surface area contributed by atoms with Crippen LogP contribution in [0.25, 0.3) is 0 Å². The number of hydrogen-bond donors (Lipinski definition) is 2. The molecule has 1 saturated carbocycles. The number of ether oxygens (including phenoxy) is 2. The van der Waals surface area contributed by atoms with Crippen LogP contribution in [-0.2, 0) is 19.1 Å². The van der Waals surface area contributed by atoms with Gasteiger partial charge in [0.2, 0.25) is 0 Å². The van der Waals surface area contributed by atoms with Crippen molar-refractivity contribution in [2.24, 2.45) is 11.8 Å². The molecule has 1 aromatic carbocycles. The van der Waals surface area contributed by atoms with Gasteiger partial charge in [-0.15, -0.1) is 0 Å². The summed E-state index contributed by atoms with van der Waals surface area (Å²) in [6, 6.07) is 6.18. The molecule has 1 aromatic rings. The van der Waals surface area contributed by atoms with Crippen LogP contribution >= 0.6 is 0 Å². The van der Waals surface area contributed by atoms with Crippen LogP contribution in [0.1, 0.15) is 46.4 Å². The molecular weight excluding hydrogens is 344 g/mol. The second-order valence-corrected chi connectivity index (χ2v) is 6.07. The number of rotatable bonds is 2. The quantitative estimate of drug-likeness (QED) is 0.763. The highest BCUT2D eigenvalue weighted by Gasteiger charge is 2.29. The molecule has 140 valence electrons. The van der Waals surface area contributed by atoms with Crippen molar-refractivity contribution in [2.75, 3.05) is 13.2 Å². The number of aliphatic carboxylic acids is 2. The van der Waals surface area contributed by atoms with Crippen LogP contribution in [0, 0.1) is 11.8 Å². The van der Waals surface area contributed by atoms with Gasteiger partial charge in [-0.1, -0.05) is 0 Å². The molecule has 1 aliphatic carbocycles. The van der Waals surface area contributed by atoms with Crippen molar-refractivity contribution in [1.82, 2.24) is 0 Å². The minimum Gasteiger partial charge on any atom is -0.481 e. The standard InChI is InChI=1S/C10H8O4.C8H12O4/c11-9-7-1-2-8(4-3-7)10(12)14-6-5-13-9;9-7(10)5-1-2-6(4-3-5)8(11)12/h1-4H,5-6H2;5-6H,1-4H2,(H,9,10)(H,11,12). The zero-order chi connectivity index (χ0) is 19.1. The summed E-state index contributed by atoms with van der Waals surface area (Å²) >= 11 is 0. The minimum absolute atomic E-state index is 0.100. The third-order valence-electron chi connectivity index (χ3n) is 4.33. The molecule has 0 saturated heterocycles. The first kappa shape index (κ1) is 19.4. The van der Waals surface area contributed by atoms with E-state index in [4.69, 9.17) is 19.7 Å². The highest BCUT2D eigenvalue weighted by Crippen LogP contribution is 2.28. The number of carboxylic acids is 2. The Hall–Kier alpha value is -2.90. The second kappa shape index (κ2) is 8.98. The summed E-state index contributed by atoms with van der Waals surface area (Å²) in [4.78, 5) is 43.5. The van der Waals surface area contributed by atoms with Crippen LogP contribution in [-0.4, -0.2) is 47.3 Å².